The third-order valence-corrected chi connectivity index (χ3v) is 6.57. The third kappa shape index (κ3) is 5.44. The largest absolute Gasteiger partial charge is 0.326 e. The molecule has 10 heteroatoms. The smallest absolute Gasteiger partial charge is 0.269 e. The number of carbonyl (C=O) groups excluding carboxylic acids is 3. The van der Waals surface area contributed by atoms with Crippen LogP contribution in [0.5, 0.6) is 0 Å². The van der Waals surface area contributed by atoms with E-state index in [1.807, 2.05) is 0 Å². The SMILES string of the molecule is O=C(Cc1ccc(Cl)cc1)Nc1ccc(SC2CC(=O)N(c3ccc([N+](=O)[O-])cc3)C2=O)cc1. The van der Waals surface area contributed by atoms with Gasteiger partial charge in [-0.3, -0.25) is 24.5 Å². The summed E-state index contributed by atoms with van der Waals surface area (Å²) in [7, 11) is 0. The second-order valence-electron chi connectivity index (χ2n) is 7.53. The monoisotopic (exact) mass is 495 g/mol. The van der Waals surface area contributed by atoms with Gasteiger partial charge in [0.2, 0.25) is 17.7 Å². The first kappa shape index (κ1) is 23.5. The molecule has 1 aliphatic heterocycles. The number of halogens is 1. The number of anilines is 2. The summed E-state index contributed by atoms with van der Waals surface area (Å²) in [5.74, 6) is -0.898. The van der Waals surface area contributed by atoms with Gasteiger partial charge in [-0.25, -0.2) is 4.90 Å². The van der Waals surface area contributed by atoms with Crippen molar-refractivity contribution in [3.8, 4) is 0 Å². The number of non-ortho nitro benzene ring substituents is 1. The molecule has 0 aliphatic carbocycles. The normalized spacial score (nSPS) is 15.4. The van der Waals surface area contributed by atoms with Gasteiger partial charge in [0.1, 0.15) is 0 Å². The van der Waals surface area contributed by atoms with Crippen molar-refractivity contribution in [3.63, 3.8) is 0 Å². The summed E-state index contributed by atoms with van der Waals surface area (Å²) in [6.45, 7) is 0. The Morgan fingerprint density at radius 2 is 1.68 bits per heavy atom. The molecule has 1 aliphatic rings. The Labute approximate surface area is 204 Å². The molecule has 8 nitrogen and oxygen atoms in total. The molecule has 0 radical (unpaired) electrons. The van der Waals surface area contributed by atoms with E-state index in [4.69, 9.17) is 11.6 Å². The first-order chi connectivity index (χ1) is 16.3. The van der Waals surface area contributed by atoms with E-state index in [1.54, 1.807) is 48.5 Å². The van der Waals surface area contributed by atoms with Crippen LogP contribution < -0.4 is 10.2 Å². The minimum absolute atomic E-state index is 0.0278. The lowest BCUT2D eigenvalue weighted by Gasteiger charge is -2.14. The van der Waals surface area contributed by atoms with Gasteiger partial charge in [0, 0.05) is 34.2 Å². The van der Waals surface area contributed by atoms with Crippen LogP contribution in [0.4, 0.5) is 17.1 Å². The number of nitro benzene ring substituents is 1. The quantitative estimate of drug-likeness (QED) is 0.285. The molecular weight excluding hydrogens is 478 g/mol. The van der Waals surface area contributed by atoms with Crippen LogP contribution in [-0.4, -0.2) is 27.9 Å². The number of amides is 3. The van der Waals surface area contributed by atoms with Gasteiger partial charge in [0.25, 0.3) is 5.69 Å². The van der Waals surface area contributed by atoms with Crippen LogP contribution in [0, 0.1) is 10.1 Å². The standard InChI is InChI=1S/C24H18ClN3O5S/c25-16-3-1-15(2-4-16)13-22(29)26-17-5-11-20(12-6-17)34-21-14-23(30)27(24(21)31)18-7-9-19(10-8-18)28(32)33/h1-12,21H,13-14H2,(H,26,29). The Morgan fingerprint density at radius 1 is 1.03 bits per heavy atom. The Morgan fingerprint density at radius 3 is 2.29 bits per heavy atom. The molecule has 34 heavy (non-hydrogen) atoms. The molecule has 1 heterocycles. The van der Waals surface area contributed by atoms with Crippen LogP contribution in [0.25, 0.3) is 0 Å². The molecule has 3 aromatic carbocycles. The van der Waals surface area contributed by atoms with Crippen LogP contribution in [0.3, 0.4) is 0 Å². The first-order valence-corrected chi connectivity index (χ1v) is 11.5. The lowest BCUT2D eigenvalue weighted by molar-refractivity contribution is -0.384. The zero-order valence-corrected chi connectivity index (χ0v) is 19.2. The number of hydrogen-bond acceptors (Lipinski definition) is 6. The lowest BCUT2D eigenvalue weighted by atomic mass is 10.1. The van der Waals surface area contributed by atoms with Crippen molar-refractivity contribution in [1.82, 2.24) is 0 Å². The molecule has 1 unspecified atom stereocenters. The number of nitrogens with zero attached hydrogens (tertiary/aromatic N) is 2. The molecule has 4 rings (SSSR count). The maximum absolute atomic E-state index is 12.8. The molecule has 0 bridgehead atoms. The molecule has 1 atom stereocenters. The number of nitro groups is 1. The van der Waals surface area contributed by atoms with E-state index in [2.05, 4.69) is 5.32 Å². The summed E-state index contributed by atoms with van der Waals surface area (Å²) >= 11 is 7.11. The first-order valence-electron chi connectivity index (χ1n) is 10.2. The Kier molecular flexibility index (Phi) is 6.95. The van der Waals surface area contributed by atoms with Crippen molar-refractivity contribution < 1.29 is 19.3 Å². The van der Waals surface area contributed by atoms with E-state index in [0.29, 0.717) is 16.4 Å². The molecule has 172 valence electrons. The summed E-state index contributed by atoms with van der Waals surface area (Å²) in [5.41, 5.74) is 1.65. The molecular formula is C24H18ClN3O5S. The van der Waals surface area contributed by atoms with Crippen molar-refractivity contribution in [1.29, 1.82) is 0 Å². The van der Waals surface area contributed by atoms with E-state index in [9.17, 15) is 24.5 Å². The van der Waals surface area contributed by atoms with Crippen molar-refractivity contribution in [2.45, 2.75) is 23.0 Å². The number of rotatable bonds is 7. The van der Waals surface area contributed by atoms with Crippen LogP contribution in [0.15, 0.2) is 77.7 Å². The van der Waals surface area contributed by atoms with E-state index in [0.717, 1.165) is 15.4 Å². The topological polar surface area (TPSA) is 110 Å². The lowest BCUT2D eigenvalue weighted by Crippen LogP contribution is -2.31. The predicted octanol–water partition coefficient (Wildman–Crippen LogP) is 4.85. The van der Waals surface area contributed by atoms with Gasteiger partial charge in [-0.2, -0.15) is 0 Å². The van der Waals surface area contributed by atoms with Gasteiger partial charge in [-0.1, -0.05) is 23.7 Å². The summed E-state index contributed by atoms with van der Waals surface area (Å²) in [5, 5.41) is 13.6. The van der Waals surface area contributed by atoms with E-state index in [1.165, 1.54) is 36.0 Å². The van der Waals surface area contributed by atoms with Crippen LogP contribution in [0.2, 0.25) is 5.02 Å². The maximum atomic E-state index is 12.8. The van der Waals surface area contributed by atoms with Gasteiger partial charge in [0.15, 0.2) is 0 Å². The number of benzene rings is 3. The van der Waals surface area contributed by atoms with Gasteiger partial charge in [0.05, 0.1) is 22.3 Å². The van der Waals surface area contributed by atoms with Gasteiger partial charge in [-0.15, -0.1) is 11.8 Å². The average Bonchev–Trinajstić information content (AvgIpc) is 3.09. The van der Waals surface area contributed by atoms with Gasteiger partial charge < -0.3 is 5.32 Å². The second kappa shape index (κ2) is 10.1. The number of carbonyl (C=O) groups is 3. The highest BCUT2D eigenvalue weighted by Crippen LogP contribution is 2.34. The molecule has 0 aromatic heterocycles. The molecule has 1 fully saturated rings. The number of nitrogens with one attached hydrogen (secondary N) is 1. The van der Waals surface area contributed by atoms with Crippen LogP contribution in [-0.2, 0) is 20.8 Å². The zero-order chi connectivity index (χ0) is 24.2. The predicted molar refractivity (Wildman–Crippen MR) is 130 cm³/mol. The molecule has 3 amide bonds. The summed E-state index contributed by atoms with van der Waals surface area (Å²) in [4.78, 5) is 49.7. The van der Waals surface area contributed by atoms with E-state index in [-0.39, 0.29) is 36.3 Å². The molecule has 0 spiro atoms. The Hall–Kier alpha value is -3.69. The fourth-order valence-corrected chi connectivity index (χ4v) is 4.64. The molecule has 1 N–H and O–H groups in total. The summed E-state index contributed by atoms with van der Waals surface area (Å²) < 4.78 is 0. The van der Waals surface area contributed by atoms with Gasteiger partial charge >= 0.3 is 0 Å². The molecule has 0 saturated carbocycles. The average molecular weight is 496 g/mol. The van der Waals surface area contributed by atoms with E-state index >= 15 is 0 Å². The Balaban J connectivity index is 1.36. The summed E-state index contributed by atoms with van der Waals surface area (Å²) in [6, 6.07) is 19.4. The summed E-state index contributed by atoms with van der Waals surface area (Å²) in [6.07, 6.45) is 0.241. The third-order valence-electron chi connectivity index (χ3n) is 5.12. The minimum Gasteiger partial charge on any atom is -0.326 e. The number of thioether (sulfide) groups is 1. The van der Waals surface area contributed by atoms with E-state index < -0.39 is 10.2 Å². The van der Waals surface area contributed by atoms with Gasteiger partial charge in [-0.05, 0) is 54.1 Å². The highest BCUT2D eigenvalue weighted by atomic mass is 35.5. The fraction of sp³-hybridized carbons (Fsp3) is 0.125. The highest BCUT2D eigenvalue weighted by Gasteiger charge is 2.40. The molecule has 3 aromatic rings. The Bertz CT molecular complexity index is 1250. The molecule has 1 saturated heterocycles. The van der Waals surface area contributed by atoms with Crippen molar-refractivity contribution >= 4 is 58.1 Å². The second-order valence-corrected chi connectivity index (χ2v) is 9.24. The van der Waals surface area contributed by atoms with Crippen molar-refractivity contribution in [2.24, 2.45) is 0 Å². The number of imide groups is 1. The maximum Gasteiger partial charge on any atom is 0.269 e. The fourth-order valence-electron chi connectivity index (χ4n) is 3.46. The van der Waals surface area contributed by atoms with Crippen LogP contribution in [0.1, 0.15) is 12.0 Å². The van der Waals surface area contributed by atoms with Crippen LogP contribution >= 0.6 is 23.4 Å². The zero-order valence-electron chi connectivity index (χ0n) is 17.6. The number of hydrogen-bond donors (Lipinski definition) is 1. The van der Waals surface area contributed by atoms with Crippen molar-refractivity contribution in [3.05, 3.63) is 93.5 Å². The highest BCUT2D eigenvalue weighted by molar-refractivity contribution is 8.00. The minimum atomic E-state index is -0.604. The van der Waals surface area contributed by atoms with Crippen molar-refractivity contribution in [2.75, 3.05) is 10.2 Å².